The van der Waals surface area contributed by atoms with E-state index in [1.165, 1.54) is 18.4 Å². The first kappa shape index (κ1) is 16.8. The van der Waals surface area contributed by atoms with Gasteiger partial charge >= 0.3 is 0 Å². The number of nitrogens with one attached hydrogen (secondary N) is 1. The van der Waals surface area contributed by atoms with Crippen molar-refractivity contribution >= 4 is 11.6 Å². The van der Waals surface area contributed by atoms with Crippen LogP contribution in [-0.4, -0.2) is 49.3 Å². The third kappa shape index (κ3) is 4.27. The maximum Gasteiger partial charge on any atom is 0.109 e. The Morgan fingerprint density at radius 1 is 1.30 bits per heavy atom. The molecule has 0 radical (unpaired) electrons. The van der Waals surface area contributed by atoms with Crippen molar-refractivity contribution in [1.29, 1.82) is 0 Å². The molecule has 5 heteroatoms. The summed E-state index contributed by atoms with van der Waals surface area (Å²) in [5, 5.41) is 4.22. The van der Waals surface area contributed by atoms with E-state index in [4.69, 9.17) is 22.1 Å². The molecule has 1 unspecified atom stereocenters. The van der Waals surface area contributed by atoms with Gasteiger partial charge in [0.2, 0.25) is 0 Å². The van der Waals surface area contributed by atoms with E-state index < -0.39 is 0 Å². The Labute approximate surface area is 143 Å². The summed E-state index contributed by atoms with van der Waals surface area (Å²) in [5.41, 5.74) is 7.83. The first-order chi connectivity index (χ1) is 11.1. The van der Waals surface area contributed by atoms with E-state index in [9.17, 15) is 0 Å². The van der Waals surface area contributed by atoms with Crippen LogP contribution in [0.15, 0.2) is 36.5 Å². The van der Waals surface area contributed by atoms with Gasteiger partial charge in [0.15, 0.2) is 0 Å². The third-order valence-electron chi connectivity index (χ3n) is 4.91. The fourth-order valence-corrected chi connectivity index (χ4v) is 3.72. The Balaban J connectivity index is 1.72. The van der Waals surface area contributed by atoms with Gasteiger partial charge in [-0.1, -0.05) is 30.3 Å². The summed E-state index contributed by atoms with van der Waals surface area (Å²) in [7, 11) is 0. The van der Waals surface area contributed by atoms with Gasteiger partial charge in [-0.2, -0.15) is 0 Å². The van der Waals surface area contributed by atoms with Crippen molar-refractivity contribution in [2.75, 3.05) is 26.2 Å². The Kier molecular flexibility index (Phi) is 5.59. The van der Waals surface area contributed by atoms with Crippen LogP contribution < -0.4 is 11.1 Å². The van der Waals surface area contributed by atoms with Gasteiger partial charge in [-0.3, -0.25) is 4.90 Å². The lowest BCUT2D eigenvalue weighted by Crippen LogP contribution is -2.57. The smallest absolute Gasteiger partial charge is 0.109 e. The first-order valence-corrected chi connectivity index (χ1v) is 8.78. The van der Waals surface area contributed by atoms with E-state index in [0.717, 1.165) is 31.1 Å². The van der Waals surface area contributed by atoms with E-state index in [1.54, 1.807) is 0 Å². The number of nitrogens with zero attached hydrogens (tertiary/aromatic N) is 1. The van der Waals surface area contributed by atoms with E-state index in [2.05, 4.69) is 28.9 Å². The van der Waals surface area contributed by atoms with Crippen LogP contribution in [0, 0.1) is 0 Å². The van der Waals surface area contributed by atoms with E-state index >= 15 is 0 Å². The molecule has 1 aromatic rings. The molecule has 0 aromatic heterocycles. The molecule has 2 atom stereocenters. The monoisotopic (exact) mass is 335 g/mol. The number of hydrogen-bond acceptors (Lipinski definition) is 4. The standard InChI is InChI=1S/C18H26ClN3O/c1-13(20)18-11-22(16-6-8-21-9-7-16)17(12-23-18)10-14-2-4-15(19)5-3-14/h2-5,16-18,21H,1,6-12,20H2/t17-,18?/m0/s1. The van der Waals surface area contributed by atoms with Crippen molar-refractivity contribution in [3.05, 3.63) is 47.1 Å². The van der Waals surface area contributed by atoms with Crippen LogP contribution in [0.3, 0.4) is 0 Å². The molecule has 0 aliphatic carbocycles. The highest BCUT2D eigenvalue weighted by atomic mass is 35.5. The van der Waals surface area contributed by atoms with Crippen LogP contribution >= 0.6 is 11.6 Å². The van der Waals surface area contributed by atoms with Gasteiger partial charge in [0.05, 0.1) is 6.61 Å². The number of ether oxygens (including phenoxy) is 1. The lowest BCUT2D eigenvalue weighted by atomic mass is 9.96. The molecule has 2 aliphatic rings. The number of piperidine rings is 1. The van der Waals surface area contributed by atoms with E-state index in [0.29, 0.717) is 24.4 Å². The molecule has 2 saturated heterocycles. The number of morpholine rings is 1. The Morgan fingerprint density at radius 3 is 2.65 bits per heavy atom. The minimum atomic E-state index is -0.0497. The highest BCUT2D eigenvalue weighted by Crippen LogP contribution is 2.24. The second kappa shape index (κ2) is 7.67. The molecule has 0 bridgehead atoms. The predicted molar refractivity (Wildman–Crippen MR) is 94.6 cm³/mol. The van der Waals surface area contributed by atoms with Gasteiger partial charge < -0.3 is 15.8 Å². The zero-order valence-electron chi connectivity index (χ0n) is 13.5. The summed E-state index contributed by atoms with van der Waals surface area (Å²) in [4.78, 5) is 2.60. The molecule has 23 heavy (non-hydrogen) atoms. The van der Waals surface area contributed by atoms with E-state index in [1.807, 2.05) is 12.1 Å². The summed E-state index contributed by atoms with van der Waals surface area (Å²) < 4.78 is 5.96. The molecule has 126 valence electrons. The summed E-state index contributed by atoms with van der Waals surface area (Å²) in [6.45, 7) is 7.60. The number of benzene rings is 1. The third-order valence-corrected chi connectivity index (χ3v) is 5.16. The second-order valence-corrected chi connectivity index (χ2v) is 7.00. The van der Waals surface area contributed by atoms with Gasteiger partial charge in [-0.05, 0) is 50.0 Å². The molecule has 1 aromatic carbocycles. The number of rotatable bonds is 4. The topological polar surface area (TPSA) is 50.5 Å². The molecular formula is C18H26ClN3O. The maximum atomic E-state index is 5.99. The van der Waals surface area contributed by atoms with Crippen molar-refractivity contribution in [2.24, 2.45) is 5.73 Å². The fraction of sp³-hybridized carbons (Fsp3) is 0.556. The van der Waals surface area contributed by atoms with Gasteiger partial charge in [0, 0.05) is 29.3 Å². The Morgan fingerprint density at radius 2 is 2.00 bits per heavy atom. The molecule has 2 heterocycles. The molecule has 3 N–H and O–H groups in total. The molecule has 4 nitrogen and oxygen atoms in total. The first-order valence-electron chi connectivity index (χ1n) is 8.40. The SMILES string of the molecule is C=C(N)C1CN(C2CCNCC2)[C@@H](Cc2ccc(Cl)cc2)CO1. The van der Waals surface area contributed by atoms with E-state index in [-0.39, 0.29) is 6.10 Å². The Bertz CT molecular complexity index is 528. The molecular weight excluding hydrogens is 310 g/mol. The number of halogens is 1. The van der Waals surface area contributed by atoms with Crippen LogP contribution in [0.2, 0.25) is 5.02 Å². The predicted octanol–water partition coefficient (Wildman–Crippen LogP) is 2.18. The normalized spacial score (nSPS) is 27.0. The number of nitrogens with two attached hydrogens (primary N) is 1. The van der Waals surface area contributed by atoms with Crippen molar-refractivity contribution in [3.8, 4) is 0 Å². The summed E-state index contributed by atoms with van der Waals surface area (Å²) in [6.07, 6.45) is 3.29. The van der Waals surface area contributed by atoms with Gasteiger partial charge in [0.25, 0.3) is 0 Å². The van der Waals surface area contributed by atoms with Gasteiger partial charge in [0.1, 0.15) is 6.10 Å². The van der Waals surface area contributed by atoms with Gasteiger partial charge in [-0.15, -0.1) is 0 Å². The molecule has 0 spiro atoms. The molecule has 2 aliphatic heterocycles. The van der Waals surface area contributed by atoms with Crippen LogP contribution in [0.25, 0.3) is 0 Å². The second-order valence-electron chi connectivity index (χ2n) is 6.56. The maximum absolute atomic E-state index is 5.99. The highest BCUT2D eigenvalue weighted by molar-refractivity contribution is 6.30. The average Bonchev–Trinajstić information content (AvgIpc) is 2.58. The lowest BCUT2D eigenvalue weighted by molar-refractivity contribution is -0.0687. The molecule has 0 amide bonds. The summed E-state index contributed by atoms with van der Waals surface area (Å²) in [5.74, 6) is 0. The summed E-state index contributed by atoms with van der Waals surface area (Å²) >= 11 is 5.99. The molecule has 2 fully saturated rings. The van der Waals surface area contributed by atoms with Crippen LogP contribution in [0.5, 0.6) is 0 Å². The Hall–Kier alpha value is -1.07. The zero-order valence-corrected chi connectivity index (χ0v) is 14.3. The highest BCUT2D eigenvalue weighted by Gasteiger charge is 2.34. The minimum absolute atomic E-state index is 0.0497. The average molecular weight is 336 g/mol. The summed E-state index contributed by atoms with van der Waals surface area (Å²) in [6, 6.07) is 9.11. The van der Waals surface area contributed by atoms with Crippen molar-refractivity contribution in [3.63, 3.8) is 0 Å². The molecule has 0 saturated carbocycles. The van der Waals surface area contributed by atoms with Crippen LogP contribution in [0.1, 0.15) is 18.4 Å². The largest absolute Gasteiger partial charge is 0.400 e. The fourth-order valence-electron chi connectivity index (χ4n) is 3.59. The number of hydrogen-bond donors (Lipinski definition) is 2. The van der Waals surface area contributed by atoms with Crippen LogP contribution in [0.4, 0.5) is 0 Å². The quantitative estimate of drug-likeness (QED) is 0.885. The van der Waals surface area contributed by atoms with Crippen molar-refractivity contribution < 1.29 is 4.74 Å². The van der Waals surface area contributed by atoms with Crippen molar-refractivity contribution in [2.45, 2.75) is 37.5 Å². The molecule has 3 rings (SSSR count). The van der Waals surface area contributed by atoms with Gasteiger partial charge in [-0.25, -0.2) is 0 Å². The van der Waals surface area contributed by atoms with Crippen LogP contribution in [-0.2, 0) is 11.2 Å². The van der Waals surface area contributed by atoms with Crippen molar-refractivity contribution in [1.82, 2.24) is 10.2 Å². The minimum Gasteiger partial charge on any atom is -0.400 e. The zero-order chi connectivity index (χ0) is 16.2. The lowest BCUT2D eigenvalue weighted by Gasteiger charge is -2.45.